The number of nitrogens with one attached hydrogen (secondary N) is 1. The number of rotatable bonds is 6. The van der Waals surface area contributed by atoms with Crippen LogP contribution in [0.3, 0.4) is 0 Å². The first-order valence-corrected chi connectivity index (χ1v) is 7.61. The fourth-order valence-electron chi connectivity index (χ4n) is 2.09. The zero-order valence-electron chi connectivity index (χ0n) is 12.1. The first kappa shape index (κ1) is 14.7. The molecule has 0 aromatic carbocycles. The molecule has 0 unspecified atom stereocenters. The van der Waals surface area contributed by atoms with Gasteiger partial charge in [-0.2, -0.15) is 0 Å². The summed E-state index contributed by atoms with van der Waals surface area (Å²) in [6.45, 7) is 4.01. The van der Waals surface area contributed by atoms with E-state index in [9.17, 15) is 4.79 Å². The van der Waals surface area contributed by atoms with E-state index in [-0.39, 0.29) is 11.9 Å². The molecular weight excluding hydrogens is 272 g/mol. The minimum Gasteiger partial charge on any atom is -0.354 e. The van der Waals surface area contributed by atoms with Crippen molar-refractivity contribution in [3.63, 3.8) is 0 Å². The Kier molecular flexibility index (Phi) is 4.89. The van der Waals surface area contributed by atoms with Gasteiger partial charge in [0.2, 0.25) is 0 Å². The normalized spacial score (nSPS) is 12.3. The van der Waals surface area contributed by atoms with Crippen LogP contribution in [0.25, 0.3) is 0 Å². The molecule has 0 radical (unpaired) electrons. The molecule has 5 nitrogen and oxygen atoms in total. The molecule has 0 bridgehead atoms. The molecule has 1 atom stereocenters. The number of nitrogens with zero attached hydrogens (tertiary/aromatic N) is 3. The minimum atomic E-state index is -0.0590. The van der Waals surface area contributed by atoms with Crippen LogP contribution in [-0.2, 0) is 19.9 Å². The molecule has 108 valence electrons. The Balaban J connectivity index is 1.87. The van der Waals surface area contributed by atoms with E-state index in [0.29, 0.717) is 4.88 Å². The minimum absolute atomic E-state index is 0.0590. The quantitative estimate of drug-likeness (QED) is 0.888. The third-order valence-corrected chi connectivity index (χ3v) is 4.13. The second-order valence-corrected chi connectivity index (χ2v) is 5.68. The van der Waals surface area contributed by atoms with E-state index in [2.05, 4.69) is 25.5 Å². The Labute approximate surface area is 123 Å². The topological polar surface area (TPSA) is 59.8 Å². The van der Waals surface area contributed by atoms with E-state index < -0.39 is 0 Å². The van der Waals surface area contributed by atoms with Gasteiger partial charge < -0.3 is 9.88 Å². The van der Waals surface area contributed by atoms with Crippen LogP contribution in [-0.4, -0.2) is 26.1 Å². The van der Waals surface area contributed by atoms with Crippen LogP contribution in [0.4, 0.5) is 0 Å². The highest BCUT2D eigenvalue weighted by Crippen LogP contribution is 2.12. The van der Waals surface area contributed by atoms with Gasteiger partial charge in [0.05, 0.1) is 5.69 Å². The van der Waals surface area contributed by atoms with Crippen LogP contribution < -0.4 is 5.32 Å². The average molecular weight is 292 g/mol. The van der Waals surface area contributed by atoms with Gasteiger partial charge in [0, 0.05) is 25.0 Å². The van der Waals surface area contributed by atoms with Gasteiger partial charge in [0.15, 0.2) is 0 Å². The Morgan fingerprint density at radius 3 is 3.00 bits per heavy atom. The summed E-state index contributed by atoms with van der Waals surface area (Å²) in [5.74, 6) is -0.0590. The van der Waals surface area contributed by atoms with Crippen molar-refractivity contribution in [2.75, 3.05) is 0 Å². The van der Waals surface area contributed by atoms with Gasteiger partial charge in [-0.1, -0.05) is 11.4 Å². The predicted octanol–water partition coefficient (Wildman–Crippen LogP) is 2.19. The molecule has 6 heteroatoms. The summed E-state index contributed by atoms with van der Waals surface area (Å²) in [6.07, 6.45) is 4.63. The highest BCUT2D eigenvalue weighted by molar-refractivity contribution is 7.08. The van der Waals surface area contributed by atoms with E-state index in [1.54, 1.807) is 0 Å². The first-order chi connectivity index (χ1) is 9.61. The van der Waals surface area contributed by atoms with Gasteiger partial charge in [0.25, 0.3) is 5.91 Å². The van der Waals surface area contributed by atoms with Gasteiger partial charge in [-0.15, -0.1) is 5.10 Å². The van der Waals surface area contributed by atoms with E-state index in [1.165, 1.54) is 17.2 Å². The van der Waals surface area contributed by atoms with Gasteiger partial charge in [-0.25, -0.2) is 0 Å². The molecule has 0 saturated heterocycles. The maximum atomic E-state index is 12.1. The smallest absolute Gasteiger partial charge is 0.265 e. The molecule has 0 fully saturated rings. The van der Waals surface area contributed by atoms with E-state index >= 15 is 0 Å². The molecule has 2 rings (SSSR count). The third kappa shape index (κ3) is 3.45. The number of hydrogen-bond acceptors (Lipinski definition) is 4. The van der Waals surface area contributed by atoms with E-state index in [4.69, 9.17) is 0 Å². The van der Waals surface area contributed by atoms with Crippen LogP contribution in [0.15, 0.2) is 18.3 Å². The summed E-state index contributed by atoms with van der Waals surface area (Å²) in [5.41, 5.74) is 2.06. The zero-order valence-corrected chi connectivity index (χ0v) is 12.9. The molecule has 0 aliphatic carbocycles. The second kappa shape index (κ2) is 6.65. The monoisotopic (exact) mass is 292 g/mol. The summed E-state index contributed by atoms with van der Waals surface area (Å²) >= 11 is 1.17. The third-order valence-electron chi connectivity index (χ3n) is 3.36. The van der Waals surface area contributed by atoms with Crippen molar-refractivity contribution in [2.24, 2.45) is 7.05 Å². The standard InChI is InChI=1S/C14H20N4OS/c1-4-12-13(20-17-16-12)14(19)15-10(2)7-8-11-6-5-9-18(11)3/h5-6,9-10H,4,7-8H2,1-3H3,(H,15,19)/t10-/m1/s1. The van der Waals surface area contributed by atoms with Crippen molar-refractivity contribution in [2.45, 2.75) is 39.2 Å². The van der Waals surface area contributed by atoms with Gasteiger partial charge >= 0.3 is 0 Å². The lowest BCUT2D eigenvalue weighted by molar-refractivity contribution is 0.0941. The Hall–Kier alpha value is -1.69. The van der Waals surface area contributed by atoms with Crippen molar-refractivity contribution in [3.05, 3.63) is 34.6 Å². The fourth-order valence-corrected chi connectivity index (χ4v) is 2.75. The summed E-state index contributed by atoms with van der Waals surface area (Å²) in [6, 6.07) is 4.27. The van der Waals surface area contributed by atoms with Gasteiger partial charge in [0.1, 0.15) is 4.88 Å². The van der Waals surface area contributed by atoms with Gasteiger partial charge in [-0.3, -0.25) is 4.79 Å². The van der Waals surface area contributed by atoms with Crippen molar-refractivity contribution in [3.8, 4) is 0 Å². The van der Waals surface area contributed by atoms with Crippen LogP contribution in [0, 0.1) is 0 Å². The molecule has 1 amide bonds. The Morgan fingerprint density at radius 2 is 2.35 bits per heavy atom. The summed E-state index contributed by atoms with van der Waals surface area (Å²) < 4.78 is 5.96. The molecule has 0 aliphatic heterocycles. The van der Waals surface area contributed by atoms with E-state index in [1.807, 2.05) is 33.2 Å². The summed E-state index contributed by atoms with van der Waals surface area (Å²) in [4.78, 5) is 12.8. The molecule has 20 heavy (non-hydrogen) atoms. The highest BCUT2D eigenvalue weighted by Gasteiger charge is 2.16. The number of carbonyl (C=O) groups excluding carboxylic acids is 1. The maximum absolute atomic E-state index is 12.1. The van der Waals surface area contributed by atoms with Crippen molar-refractivity contribution in [1.82, 2.24) is 19.5 Å². The van der Waals surface area contributed by atoms with Crippen molar-refractivity contribution >= 4 is 17.4 Å². The lowest BCUT2D eigenvalue weighted by atomic mass is 10.1. The largest absolute Gasteiger partial charge is 0.354 e. The lowest BCUT2D eigenvalue weighted by Gasteiger charge is -2.13. The second-order valence-electron chi connectivity index (χ2n) is 4.93. The van der Waals surface area contributed by atoms with Crippen molar-refractivity contribution in [1.29, 1.82) is 0 Å². The molecule has 0 aliphatic rings. The van der Waals surface area contributed by atoms with Gasteiger partial charge in [-0.05, 0) is 49.9 Å². The number of aromatic nitrogens is 3. The molecule has 2 aromatic rings. The molecule has 1 N–H and O–H groups in total. The lowest BCUT2D eigenvalue weighted by Crippen LogP contribution is -2.33. The molecule has 2 aromatic heterocycles. The number of aryl methyl sites for hydroxylation is 3. The molecule has 0 spiro atoms. The first-order valence-electron chi connectivity index (χ1n) is 6.84. The highest BCUT2D eigenvalue weighted by atomic mass is 32.1. The zero-order chi connectivity index (χ0) is 14.5. The summed E-state index contributed by atoms with van der Waals surface area (Å²) in [7, 11) is 2.04. The molecule has 0 saturated carbocycles. The number of carbonyl (C=O) groups is 1. The predicted molar refractivity (Wildman–Crippen MR) is 79.9 cm³/mol. The molecule has 2 heterocycles. The number of hydrogen-bond donors (Lipinski definition) is 1. The van der Waals surface area contributed by atoms with E-state index in [0.717, 1.165) is 25.0 Å². The van der Waals surface area contributed by atoms with Crippen LogP contribution >= 0.6 is 11.5 Å². The van der Waals surface area contributed by atoms with Crippen LogP contribution in [0.5, 0.6) is 0 Å². The average Bonchev–Trinajstić information content (AvgIpc) is 3.04. The number of amides is 1. The Morgan fingerprint density at radius 1 is 1.55 bits per heavy atom. The maximum Gasteiger partial charge on any atom is 0.265 e. The van der Waals surface area contributed by atoms with Crippen LogP contribution in [0.2, 0.25) is 0 Å². The van der Waals surface area contributed by atoms with Crippen LogP contribution in [0.1, 0.15) is 41.3 Å². The fraction of sp³-hybridized carbons (Fsp3) is 0.500. The Bertz CT molecular complexity index is 575. The summed E-state index contributed by atoms with van der Waals surface area (Å²) in [5, 5.41) is 6.99. The SMILES string of the molecule is CCc1nnsc1C(=O)N[C@H](C)CCc1cccn1C. The van der Waals surface area contributed by atoms with Crippen molar-refractivity contribution < 1.29 is 4.79 Å². The molecular formula is C14H20N4OS.